The molecule has 1 N–H and O–H groups in total. The molecule has 0 aliphatic rings. The van der Waals surface area contributed by atoms with E-state index in [9.17, 15) is 9.59 Å². The maximum atomic E-state index is 13.0. The molecule has 4 rings (SSSR count). The summed E-state index contributed by atoms with van der Waals surface area (Å²) in [4.78, 5) is 27.2. The molecule has 4 aromatic rings. The van der Waals surface area contributed by atoms with Crippen LogP contribution in [-0.2, 0) is 30.8 Å². The van der Waals surface area contributed by atoms with Gasteiger partial charge in [-0.05, 0) is 36.6 Å². The number of aromatic nitrogens is 1. The molecular weight excluding hydrogens is 430 g/mol. The molecule has 2 heterocycles. The number of benzene rings is 2. The van der Waals surface area contributed by atoms with Gasteiger partial charge in [0.25, 0.3) is 5.91 Å². The molecule has 7 heteroatoms. The molecule has 34 heavy (non-hydrogen) atoms. The minimum atomic E-state index is -0.330. The molecule has 2 aromatic heterocycles. The molecular formula is C27H27N3O4. The lowest BCUT2D eigenvalue weighted by molar-refractivity contribution is -0.133. The lowest BCUT2D eigenvalue weighted by Gasteiger charge is -2.20. The van der Waals surface area contributed by atoms with Gasteiger partial charge in [-0.25, -0.2) is 0 Å². The predicted molar refractivity (Wildman–Crippen MR) is 127 cm³/mol. The van der Waals surface area contributed by atoms with E-state index in [4.69, 9.17) is 8.94 Å². The van der Waals surface area contributed by atoms with Crippen LogP contribution in [0.2, 0.25) is 0 Å². The van der Waals surface area contributed by atoms with Crippen LogP contribution < -0.4 is 5.32 Å². The Balaban J connectivity index is 1.38. The van der Waals surface area contributed by atoms with Crippen molar-refractivity contribution in [1.29, 1.82) is 0 Å². The topological polar surface area (TPSA) is 88.6 Å². The van der Waals surface area contributed by atoms with Crippen LogP contribution in [0.5, 0.6) is 0 Å². The Kier molecular flexibility index (Phi) is 7.55. The van der Waals surface area contributed by atoms with Crippen LogP contribution in [0.3, 0.4) is 0 Å². The van der Waals surface area contributed by atoms with E-state index >= 15 is 0 Å². The second kappa shape index (κ2) is 11.1. The third kappa shape index (κ3) is 6.45. The van der Waals surface area contributed by atoms with E-state index in [1.165, 1.54) is 0 Å². The van der Waals surface area contributed by atoms with Crippen molar-refractivity contribution in [3.05, 3.63) is 113 Å². The quantitative estimate of drug-likeness (QED) is 0.374. The summed E-state index contributed by atoms with van der Waals surface area (Å²) < 4.78 is 10.8. The molecule has 0 saturated heterocycles. The van der Waals surface area contributed by atoms with Crippen molar-refractivity contribution in [1.82, 2.24) is 15.4 Å². The van der Waals surface area contributed by atoms with Crippen molar-refractivity contribution < 1.29 is 18.5 Å². The van der Waals surface area contributed by atoms with Gasteiger partial charge in [-0.3, -0.25) is 9.59 Å². The van der Waals surface area contributed by atoms with Crippen LogP contribution in [0.4, 0.5) is 0 Å². The Hall–Kier alpha value is -4.13. The first-order chi connectivity index (χ1) is 16.6. The van der Waals surface area contributed by atoms with Gasteiger partial charge in [-0.2, -0.15) is 0 Å². The fourth-order valence-electron chi connectivity index (χ4n) is 3.54. The van der Waals surface area contributed by atoms with Gasteiger partial charge in [0.05, 0.1) is 19.4 Å². The Bertz CT molecular complexity index is 1200. The number of amides is 2. The van der Waals surface area contributed by atoms with Crippen molar-refractivity contribution in [3.63, 3.8) is 0 Å². The monoisotopic (exact) mass is 457 g/mol. The van der Waals surface area contributed by atoms with Crippen LogP contribution in [0.1, 0.15) is 45.1 Å². The van der Waals surface area contributed by atoms with E-state index in [0.29, 0.717) is 37.5 Å². The lowest BCUT2D eigenvalue weighted by Crippen LogP contribution is -2.30. The Labute approximate surface area is 198 Å². The number of hydrogen-bond donors (Lipinski definition) is 1. The molecule has 0 atom stereocenters. The molecule has 0 aliphatic heterocycles. The van der Waals surface area contributed by atoms with Crippen LogP contribution in [0, 0.1) is 6.92 Å². The summed E-state index contributed by atoms with van der Waals surface area (Å²) in [6, 6.07) is 23.0. The zero-order valence-electron chi connectivity index (χ0n) is 19.1. The van der Waals surface area contributed by atoms with Crippen LogP contribution in [0.25, 0.3) is 0 Å². The number of furan rings is 1. The van der Waals surface area contributed by atoms with Crippen molar-refractivity contribution in [2.24, 2.45) is 0 Å². The van der Waals surface area contributed by atoms with Gasteiger partial charge < -0.3 is 19.2 Å². The van der Waals surface area contributed by atoms with Crippen molar-refractivity contribution in [2.75, 3.05) is 0 Å². The van der Waals surface area contributed by atoms with E-state index in [-0.39, 0.29) is 24.1 Å². The van der Waals surface area contributed by atoms with Crippen molar-refractivity contribution in [2.45, 2.75) is 39.4 Å². The van der Waals surface area contributed by atoms with Crippen molar-refractivity contribution >= 4 is 11.8 Å². The highest BCUT2D eigenvalue weighted by atomic mass is 16.5. The number of hydrogen-bond acceptors (Lipinski definition) is 5. The molecule has 0 fully saturated rings. The van der Waals surface area contributed by atoms with Gasteiger partial charge in [-0.15, -0.1) is 0 Å². The number of rotatable bonds is 10. The molecule has 7 nitrogen and oxygen atoms in total. The molecule has 0 aliphatic carbocycles. The Morgan fingerprint density at radius 2 is 1.68 bits per heavy atom. The third-order valence-electron chi connectivity index (χ3n) is 5.46. The molecule has 0 radical (unpaired) electrons. The summed E-state index contributed by atoms with van der Waals surface area (Å²) in [5.41, 5.74) is 3.43. The van der Waals surface area contributed by atoms with Gasteiger partial charge in [0.2, 0.25) is 5.91 Å². The Morgan fingerprint density at radius 1 is 0.912 bits per heavy atom. The first kappa shape index (κ1) is 23.0. The van der Waals surface area contributed by atoms with Gasteiger partial charge in [0.1, 0.15) is 5.76 Å². The standard InChI is InChI=1S/C27H27N3O4/c1-20-9-11-22(12-10-20)17-28-27(32)25-16-24(34-29-25)19-30(18-23-8-5-15-33-23)26(31)14-13-21-6-3-2-4-7-21/h2-12,15-16H,13-14,17-19H2,1H3,(H,28,32). The van der Waals surface area contributed by atoms with Gasteiger partial charge >= 0.3 is 0 Å². The lowest BCUT2D eigenvalue weighted by atomic mass is 10.1. The molecule has 2 aromatic carbocycles. The number of nitrogens with zero attached hydrogens (tertiary/aromatic N) is 2. The average molecular weight is 458 g/mol. The Morgan fingerprint density at radius 3 is 2.41 bits per heavy atom. The first-order valence-corrected chi connectivity index (χ1v) is 11.2. The summed E-state index contributed by atoms with van der Waals surface area (Å²) in [7, 11) is 0. The van der Waals surface area contributed by atoms with E-state index in [1.54, 1.807) is 23.3 Å². The predicted octanol–water partition coefficient (Wildman–Crippen LogP) is 4.67. The van der Waals surface area contributed by atoms with E-state index in [2.05, 4.69) is 10.5 Å². The SMILES string of the molecule is Cc1ccc(CNC(=O)c2cc(CN(Cc3ccco3)C(=O)CCc3ccccc3)on2)cc1. The van der Waals surface area contributed by atoms with Gasteiger partial charge in [0.15, 0.2) is 11.5 Å². The fraction of sp³-hybridized carbons (Fsp3) is 0.222. The minimum absolute atomic E-state index is 0.0398. The number of carbonyl (C=O) groups is 2. The van der Waals surface area contributed by atoms with E-state index in [1.807, 2.05) is 67.6 Å². The number of nitrogens with one attached hydrogen (secondary N) is 1. The zero-order valence-corrected chi connectivity index (χ0v) is 19.1. The van der Waals surface area contributed by atoms with Crippen LogP contribution >= 0.6 is 0 Å². The highest BCUT2D eigenvalue weighted by Gasteiger charge is 2.20. The number of aryl methyl sites for hydroxylation is 2. The second-order valence-electron chi connectivity index (χ2n) is 8.16. The minimum Gasteiger partial charge on any atom is -0.467 e. The van der Waals surface area contributed by atoms with Gasteiger partial charge in [-0.1, -0.05) is 65.3 Å². The summed E-state index contributed by atoms with van der Waals surface area (Å²) >= 11 is 0. The summed E-state index contributed by atoms with van der Waals surface area (Å²) in [6.07, 6.45) is 2.56. The zero-order chi connectivity index (χ0) is 23.8. The molecule has 0 saturated carbocycles. The highest BCUT2D eigenvalue weighted by Crippen LogP contribution is 2.15. The second-order valence-corrected chi connectivity index (χ2v) is 8.16. The number of carbonyl (C=O) groups excluding carboxylic acids is 2. The smallest absolute Gasteiger partial charge is 0.273 e. The molecule has 0 unspecified atom stereocenters. The summed E-state index contributed by atoms with van der Waals surface area (Å²) in [5.74, 6) is 0.731. The largest absolute Gasteiger partial charge is 0.467 e. The normalized spacial score (nSPS) is 10.7. The van der Waals surface area contributed by atoms with Crippen LogP contribution in [-0.4, -0.2) is 21.9 Å². The summed E-state index contributed by atoms with van der Waals surface area (Å²) in [6.45, 7) is 2.90. The molecule has 0 bridgehead atoms. The summed E-state index contributed by atoms with van der Waals surface area (Å²) in [5, 5.41) is 6.74. The van der Waals surface area contributed by atoms with Crippen LogP contribution in [0.15, 0.2) is 88.0 Å². The third-order valence-corrected chi connectivity index (χ3v) is 5.46. The average Bonchev–Trinajstić information content (AvgIpc) is 3.55. The van der Waals surface area contributed by atoms with Crippen molar-refractivity contribution in [3.8, 4) is 0 Å². The maximum absolute atomic E-state index is 13.0. The fourth-order valence-corrected chi connectivity index (χ4v) is 3.54. The maximum Gasteiger partial charge on any atom is 0.273 e. The molecule has 2 amide bonds. The van der Waals surface area contributed by atoms with Gasteiger partial charge in [0, 0.05) is 19.0 Å². The van der Waals surface area contributed by atoms with E-state index < -0.39 is 0 Å². The molecule has 174 valence electrons. The first-order valence-electron chi connectivity index (χ1n) is 11.2. The molecule has 0 spiro atoms. The van der Waals surface area contributed by atoms with E-state index in [0.717, 1.165) is 16.7 Å². The highest BCUT2D eigenvalue weighted by molar-refractivity contribution is 5.92.